The van der Waals surface area contributed by atoms with Crippen molar-refractivity contribution in [2.24, 2.45) is 4.99 Å². The van der Waals surface area contributed by atoms with Crippen molar-refractivity contribution in [1.82, 2.24) is 15.5 Å². The Balaban J connectivity index is 0.00000364. The van der Waals surface area contributed by atoms with Crippen molar-refractivity contribution in [2.75, 3.05) is 33.3 Å². The van der Waals surface area contributed by atoms with E-state index in [2.05, 4.69) is 20.5 Å². The van der Waals surface area contributed by atoms with Gasteiger partial charge >= 0.3 is 0 Å². The maximum Gasteiger partial charge on any atom is 0.191 e. The molecule has 0 aromatic heterocycles. The summed E-state index contributed by atoms with van der Waals surface area (Å²) in [6.45, 7) is 8.02. The summed E-state index contributed by atoms with van der Waals surface area (Å²) in [6, 6.07) is 3.78. The van der Waals surface area contributed by atoms with Crippen LogP contribution in [-0.4, -0.2) is 56.3 Å². The van der Waals surface area contributed by atoms with Gasteiger partial charge in [-0.1, -0.05) is 0 Å². The highest BCUT2D eigenvalue weighted by Gasteiger charge is 2.20. The van der Waals surface area contributed by atoms with Crippen LogP contribution in [0.15, 0.2) is 23.2 Å². The van der Waals surface area contributed by atoms with Crippen molar-refractivity contribution in [2.45, 2.75) is 45.4 Å². The molecule has 0 atom stereocenters. The Morgan fingerprint density at radius 3 is 2.63 bits per heavy atom. The molecule has 0 aliphatic carbocycles. The van der Waals surface area contributed by atoms with Crippen LogP contribution in [-0.2, 0) is 11.3 Å². The van der Waals surface area contributed by atoms with Crippen molar-refractivity contribution in [3.8, 4) is 0 Å². The number of piperidine rings is 1. The summed E-state index contributed by atoms with van der Waals surface area (Å²) in [7, 11) is 1.68. The van der Waals surface area contributed by atoms with E-state index in [0.717, 1.165) is 51.2 Å². The summed E-state index contributed by atoms with van der Waals surface area (Å²) in [5.74, 6) is -0.263. The third kappa shape index (κ3) is 8.69. The SMILES string of the molecule is CN=C(NCc1cc(F)ccc1F)NC1CCN(CCOC(C)C)CC1.I. The number of hydrogen-bond donors (Lipinski definition) is 2. The van der Waals surface area contributed by atoms with Crippen LogP contribution >= 0.6 is 24.0 Å². The minimum atomic E-state index is -0.444. The van der Waals surface area contributed by atoms with Crippen molar-refractivity contribution >= 4 is 29.9 Å². The summed E-state index contributed by atoms with van der Waals surface area (Å²) in [5, 5.41) is 6.43. The maximum atomic E-state index is 13.7. The number of likely N-dealkylation sites (tertiary alicyclic amines) is 1. The zero-order valence-corrected chi connectivity index (χ0v) is 18.6. The lowest BCUT2D eigenvalue weighted by Crippen LogP contribution is -2.49. The predicted molar refractivity (Wildman–Crippen MR) is 116 cm³/mol. The molecule has 2 N–H and O–H groups in total. The van der Waals surface area contributed by atoms with E-state index < -0.39 is 11.6 Å². The van der Waals surface area contributed by atoms with Crippen molar-refractivity contribution < 1.29 is 13.5 Å². The Morgan fingerprint density at radius 2 is 2.00 bits per heavy atom. The number of aliphatic imine (C=N–C) groups is 1. The summed E-state index contributed by atoms with van der Waals surface area (Å²) < 4.78 is 32.5. The zero-order valence-electron chi connectivity index (χ0n) is 16.3. The van der Waals surface area contributed by atoms with Crippen LogP contribution in [0.3, 0.4) is 0 Å². The molecule has 1 aliphatic rings. The summed E-state index contributed by atoms with van der Waals surface area (Å²) in [6.07, 6.45) is 2.29. The first-order valence-electron chi connectivity index (χ1n) is 9.23. The van der Waals surface area contributed by atoms with Crippen LogP contribution in [0.2, 0.25) is 0 Å². The fraction of sp³-hybridized carbons (Fsp3) is 0.632. The van der Waals surface area contributed by atoms with Gasteiger partial charge in [0.05, 0.1) is 12.7 Å². The molecule has 5 nitrogen and oxygen atoms in total. The second kappa shape index (κ2) is 12.5. The Morgan fingerprint density at radius 1 is 1.30 bits per heavy atom. The lowest BCUT2D eigenvalue weighted by atomic mass is 10.1. The Hall–Kier alpha value is -1.00. The molecule has 1 aromatic carbocycles. The van der Waals surface area contributed by atoms with Crippen molar-refractivity contribution in [3.05, 3.63) is 35.4 Å². The highest BCUT2D eigenvalue weighted by molar-refractivity contribution is 14.0. The third-order valence-electron chi connectivity index (χ3n) is 4.46. The largest absolute Gasteiger partial charge is 0.377 e. The second-order valence-electron chi connectivity index (χ2n) is 6.84. The highest BCUT2D eigenvalue weighted by atomic mass is 127. The van der Waals surface area contributed by atoms with E-state index in [0.29, 0.717) is 12.0 Å². The second-order valence-corrected chi connectivity index (χ2v) is 6.84. The first-order valence-corrected chi connectivity index (χ1v) is 9.23. The first-order chi connectivity index (χ1) is 12.5. The van der Waals surface area contributed by atoms with Crippen LogP contribution in [0.1, 0.15) is 32.3 Å². The molecule has 0 spiro atoms. The summed E-state index contributed by atoms with van der Waals surface area (Å²) >= 11 is 0. The van der Waals surface area contributed by atoms with Gasteiger partial charge in [0, 0.05) is 44.8 Å². The number of ether oxygens (including phenoxy) is 1. The van der Waals surface area contributed by atoms with Gasteiger partial charge in [-0.15, -0.1) is 24.0 Å². The molecule has 0 bridgehead atoms. The first kappa shape index (κ1) is 24.0. The van der Waals surface area contributed by atoms with Gasteiger partial charge in [-0.2, -0.15) is 0 Å². The number of benzene rings is 1. The van der Waals surface area contributed by atoms with E-state index in [9.17, 15) is 8.78 Å². The minimum absolute atomic E-state index is 0. The molecule has 0 saturated carbocycles. The fourth-order valence-electron chi connectivity index (χ4n) is 2.96. The molecule has 2 rings (SSSR count). The molecular weight excluding hydrogens is 465 g/mol. The third-order valence-corrected chi connectivity index (χ3v) is 4.46. The predicted octanol–water partition coefficient (Wildman–Crippen LogP) is 3.14. The molecule has 1 fully saturated rings. The van der Waals surface area contributed by atoms with Crippen LogP contribution in [0.4, 0.5) is 8.78 Å². The molecule has 1 saturated heterocycles. The number of nitrogens with zero attached hydrogens (tertiary/aromatic N) is 2. The fourth-order valence-corrected chi connectivity index (χ4v) is 2.96. The minimum Gasteiger partial charge on any atom is -0.377 e. The molecule has 0 amide bonds. The lowest BCUT2D eigenvalue weighted by molar-refractivity contribution is 0.0532. The Bertz CT molecular complexity index is 593. The maximum absolute atomic E-state index is 13.7. The topological polar surface area (TPSA) is 48.9 Å². The molecular formula is C19H31F2IN4O. The molecule has 1 aromatic rings. The molecule has 8 heteroatoms. The van der Waals surface area contributed by atoms with E-state index in [1.165, 1.54) is 6.07 Å². The van der Waals surface area contributed by atoms with Gasteiger partial charge in [0.2, 0.25) is 0 Å². The van der Waals surface area contributed by atoms with Gasteiger partial charge in [0.15, 0.2) is 5.96 Å². The number of guanidine groups is 1. The van der Waals surface area contributed by atoms with Gasteiger partial charge in [0.1, 0.15) is 11.6 Å². The van der Waals surface area contributed by atoms with Crippen LogP contribution in [0.25, 0.3) is 0 Å². The Labute approximate surface area is 178 Å². The molecule has 154 valence electrons. The van der Waals surface area contributed by atoms with Gasteiger partial charge in [-0.3, -0.25) is 4.99 Å². The quantitative estimate of drug-likeness (QED) is 0.346. The smallest absolute Gasteiger partial charge is 0.191 e. The number of rotatable bonds is 7. The van der Waals surface area contributed by atoms with Crippen molar-refractivity contribution in [3.63, 3.8) is 0 Å². The average molecular weight is 496 g/mol. The summed E-state index contributed by atoms with van der Waals surface area (Å²) in [4.78, 5) is 6.58. The summed E-state index contributed by atoms with van der Waals surface area (Å²) in [5.41, 5.74) is 0.285. The van der Waals surface area contributed by atoms with E-state index in [1.54, 1.807) is 7.05 Å². The Kier molecular flexibility index (Phi) is 11.1. The monoisotopic (exact) mass is 496 g/mol. The van der Waals surface area contributed by atoms with Gasteiger partial charge < -0.3 is 20.3 Å². The van der Waals surface area contributed by atoms with Crippen molar-refractivity contribution in [1.29, 1.82) is 0 Å². The van der Waals surface area contributed by atoms with E-state index in [1.807, 2.05) is 13.8 Å². The number of hydrogen-bond acceptors (Lipinski definition) is 3. The number of halogens is 3. The highest BCUT2D eigenvalue weighted by Crippen LogP contribution is 2.11. The van der Waals surface area contributed by atoms with Gasteiger partial charge in [-0.25, -0.2) is 8.78 Å². The van der Waals surface area contributed by atoms with E-state index in [4.69, 9.17) is 4.74 Å². The molecule has 1 heterocycles. The number of nitrogens with one attached hydrogen (secondary N) is 2. The molecule has 1 aliphatic heterocycles. The molecule has 0 radical (unpaired) electrons. The van der Waals surface area contributed by atoms with E-state index in [-0.39, 0.29) is 42.2 Å². The van der Waals surface area contributed by atoms with Crippen LogP contribution in [0.5, 0.6) is 0 Å². The van der Waals surface area contributed by atoms with Gasteiger partial charge in [0.25, 0.3) is 0 Å². The zero-order chi connectivity index (χ0) is 18.9. The average Bonchev–Trinajstić information content (AvgIpc) is 2.62. The molecule has 0 unspecified atom stereocenters. The van der Waals surface area contributed by atoms with Crippen LogP contribution < -0.4 is 10.6 Å². The molecule has 27 heavy (non-hydrogen) atoms. The van der Waals surface area contributed by atoms with Crippen LogP contribution in [0, 0.1) is 11.6 Å². The van der Waals surface area contributed by atoms with E-state index >= 15 is 0 Å². The van der Waals surface area contributed by atoms with Gasteiger partial charge in [-0.05, 0) is 44.9 Å². The lowest BCUT2D eigenvalue weighted by Gasteiger charge is -2.33. The normalized spacial score (nSPS) is 16.3. The standard InChI is InChI=1S/C19H30F2N4O.HI/c1-14(2)26-11-10-25-8-6-17(7-9-25)24-19(22-3)23-13-15-12-16(20)4-5-18(15)21;/h4-5,12,14,17H,6-11,13H2,1-3H3,(H2,22,23,24);1H.